The van der Waals surface area contributed by atoms with Crippen LogP contribution in [0.15, 0.2) is 12.4 Å². The van der Waals surface area contributed by atoms with E-state index >= 15 is 0 Å². The van der Waals surface area contributed by atoms with Crippen molar-refractivity contribution in [2.24, 2.45) is 0 Å². The van der Waals surface area contributed by atoms with Crippen LogP contribution in [0, 0.1) is 0 Å². The zero-order valence-corrected chi connectivity index (χ0v) is 11.2. The smallest absolute Gasteiger partial charge is 0.303 e. The Morgan fingerprint density at radius 1 is 1.53 bits per heavy atom. The molecule has 0 amide bonds. The van der Waals surface area contributed by atoms with Gasteiger partial charge in [-0.15, -0.1) is 0 Å². The Morgan fingerprint density at radius 3 is 2.95 bits per heavy atom. The van der Waals surface area contributed by atoms with E-state index in [-0.39, 0.29) is 6.42 Å². The zero-order valence-electron chi connectivity index (χ0n) is 11.2. The lowest BCUT2D eigenvalue weighted by Crippen LogP contribution is -2.28. The van der Waals surface area contributed by atoms with Crippen molar-refractivity contribution in [3.63, 3.8) is 0 Å². The van der Waals surface area contributed by atoms with E-state index in [0.717, 1.165) is 11.6 Å². The van der Waals surface area contributed by atoms with Gasteiger partial charge in [-0.25, -0.2) is 9.97 Å². The quantitative estimate of drug-likeness (QED) is 0.781. The molecular weight excluding hydrogens is 244 g/mol. The molecule has 1 fully saturated rings. The Kier molecular flexibility index (Phi) is 4.54. The third-order valence-corrected chi connectivity index (χ3v) is 3.39. The first kappa shape index (κ1) is 13.6. The molecule has 6 heteroatoms. The summed E-state index contributed by atoms with van der Waals surface area (Å²) in [7, 11) is 1.91. The summed E-state index contributed by atoms with van der Waals surface area (Å²) in [6, 6.07) is 2.46. The predicted octanol–water partition coefficient (Wildman–Crippen LogP) is 1.74. The van der Waals surface area contributed by atoms with Crippen LogP contribution in [-0.4, -0.2) is 40.7 Å². The first-order valence-electron chi connectivity index (χ1n) is 6.66. The molecule has 0 radical (unpaired) electrons. The lowest BCUT2D eigenvalue weighted by molar-refractivity contribution is -0.137. The van der Waals surface area contributed by atoms with E-state index in [1.807, 2.05) is 18.0 Å². The summed E-state index contributed by atoms with van der Waals surface area (Å²) in [6.07, 6.45) is 6.03. The van der Waals surface area contributed by atoms with Crippen molar-refractivity contribution in [1.29, 1.82) is 0 Å². The van der Waals surface area contributed by atoms with Gasteiger partial charge < -0.3 is 15.3 Å². The van der Waals surface area contributed by atoms with E-state index in [1.165, 1.54) is 19.3 Å². The Balaban J connectivity index is 1.87. The second-order valence-corrected chi connectivity index (χ2v) is 4.95. The lowest BCUT2D eigenvalue weighted by atomic mass is 9.93. The van der Waals surface area contributed by atoms with Crippen LogP contribution >= 0.6 is 0 Å². The summed E-state index contributed by atoms with van der Waals surface area (Å²) in [5.74, 6) is 0.908. The van der Waals surface area contributed by atoms with E-state index in [9.17, 15) is 4.79 Å². The van der Waals surface area contributed by atoms with E-state index in [4.69, 9.17) is 5.11 Å². The van der Waals surface area contributed by atoms with Gasteiger partial charge in [0.1, 0.15) is 18.0 Å². The molecule has 0 saturated heterocycles. The van der Waals surface area contributed by atoms with Gasteiger partial charge >= 0.3 is 5.97 Å². The monoisotopic (exact) mass is 264 g/mol. The first-order chi connectivity index (χ1) is 9.15. The van der Waals surface area contributed by atoms with E-state index in [2.05, 4.69) is 15.3 Å². The molecule has 1 heterocycles. The van der Waals surface area contributed by atoms with Gasteiger partial charge in [0, 0.05) is 32.1 Å². The number of hydrogen-bond acceptors (Lipinski definition) is 5. The molecule has 1 saturated carbocycles. The molecule has 0 atom stereocenters. The number of aromatic nitrogens is 2. The molecule has 2 rings (SSSR count). The summed E-state index contributed by atoms with van der Waals surface area (Å²) in [5.41, 5.74) is 0. The number of carboxylic acids is 1. The number of hydrogen-bond donors (Lipinski definition) is 2. The SMILES string of the molecule is CN(CCCC(=O)O)c1cc(NC2CCC2)ncn1. The van der Waals surface area contributed by atoms with Gasteiger partial charge in [0.15, 0.2) is 0 Å². The molecule has 0 unspecified atom stereocenters. The molecule has 1 aromatic rings. The highest BCUT2D eigenvalue weighted by Gasteiger charge is 2.17. The number of rotatable bonds is 7. The summed E-state index contributed by atoms with van der Waals surface area (Å²) in [6.45, 7) is 0.673. The summed E-state index contributed by atoms with van der Waals surface area (Å²) >= 11 is 0. The number of nitrogens with one attached hydrogen (secondary N) is 1. The maximum absolute atomic E-state index is 10.5. The average Bonchev–Trinajstić information content (AvgIpc) is 2.34. The van der Waals surface area contributed by atoms with Crippen molar-refractivity contribution in [2.75, 3.05) is 23.8 Å². The van der Waals surface area contributed by atoms with Gasteiger partial charge in [0.2, 0.25) is 0 Å². The molecule has 104 valence electrons. The maximum Gasteiger partial charge on any atom is 0.303 e. The molecule has 19 heavy (non-hydrogen) atoms. The average molecular weight is 264 g/mol. The molecule has 6 nitrogen and oxygen atoms in total. The maximum atomic E-state index is 10.5. The Hall–Kier alpha value is -1.85. The number of carbonyl (C=O) groups is 1. The van der Waals surface area contributed by atoms with E-state index in [0.29, 0.717) is 19.0 Å². The van der Waals surface area contributed by atoms with Gasteiger partial charge in [-0.1, -0.05) is 0 Å². The fraction of sp³-hybridized carbons (Fsp3) is 0.615. The minimum atomic E-state index is -0.761. The topological polar surface area (TPSA) is 78.4 Å². The fourth-order valence-electron chi connectivity index (χ4n) is 1.98. The van der Waals surface area contributed by atoms with Crippen molar-refractivity contribution in [3.05, 3.63) is 12.4 Å². The van der Waals surface area contributed by atoms with Gasteiger partial charge in [0.05, 0.1) is 0 Å². The van der Waals surface area contributed by atoms with E-state index in [1.54, 1.807) is 6.33 Å². The molecule has 0 aromatic carbocycles. The van der Waals surface area contributed by atoms with Crippen LogP contribution in [0.3, 0.4) is 0 Å². The molecule has 2 N–H and O–H groups in total. The van der Waals surface area contributed by atoms with Crippen molar-refractivity contribution in [1.82, 2.24) is 9.97 Å². The second kappa shape index (κ2) is 6.36. The molecule has 0 bridgehead atoms. The Morgan fingerprint density at radius 2 is 2.32 bits per heavy atom. The van der Waals surface area contributed by atoms with Gasteiger partial charge in [-0.2, -0.15) is 0 Å². The van der Waals surface area contributed by atoms with Crippen molar-refractivity contribution >= 4 is 17.6 Å². The van der Waals surface area contributed by atoms with Crippen LogP contribution in [0.5, 0.6) is 0 Å². The normalized spacial score (nSPS) is 14.8. The molecule has 1 aromatic heterocycles. The Labute approximate surface area is 112 Å². The number of nitrogens with zero attached hydrogens (tertiary/aromatic N) is 3. The van der Waals surface area contributed by atoms with Crippen LogP contribution in [0.4, 0.5) is 11.6 Å². The van der Waals surface area contributed by atoms with Gasteiger partial charge in [-0.3, -0.25) is 4.79 Å². The van der Waals surface area contributed by atoms with Crippen molar-refractivity contribution in [3.8, 4) is 0 Å². The van der Waals surface area contributed by atoms with Gasteiger partial charge in [-0.05, 0) is 25.7 Å². The van der Waals surface area contributed by atoms with E-state index < -0.39 is 5.97 Å². The first-order valence-corrected chi connectivity index (χ1v) is 6.66. The number of anilines is 2. The fourth-order valence-corrected chi connectivity index (χ4v) is 1.98. The van der Waals surface area contributed by atoms with Crippen molar-refractivity contribution in [2.45, 2.75) is 38.1 Å². The molecular formula is C13H20N4O2. The standard InChI is InChI=1S/C13H20N4O2/c1-17(7-3-6-13(18)19)12-8-11(14-9-15-12)16-10-4-2-5-10/h8-10H,2-7H2,1H3,(H,18,19)(H,14,15,16). The number of aliphatic carboxylic acids is 1. The number of carboxylic acid groups (broad SMARTS) is 1. The predicted molar refractivity (Wildman–Crippen MR) is 73.4 cm³/mol. The highest BCUT2D eigenvalue weighted by Crippen LogP contribution is 2.23. The second-order valence-electron chi connectivity index (χ2n) is 4.95. The molecule has 1 aliphatic rings. The molecule has 0 aliphatic heterocycles. The zero-order chi connectivity index (χ0) is 13.7. The summed E-state index contributed by atoms with van der Waals surface area (Å²) in [4.78, 5) is 20.9. The third-order valence-electron chi connectivity index (χ3n) is 3.39. The highest BCUT2D eigenvalue weighted by molar-refractivity contribution is 5.66. The van der Waals surface area contributed by atoms with Crippen molar-refractivity contribution < 1.29 is 9.90 Å². The third kappa shape index (κ3) is 4.08. The van der Waals surface area contributed by atoms with Crippen LogP contribution in [0.2, 0.25) is 0 Å². The minimum absolute atomic E-state index is 0.183. The van der Waals surface area contributed by atoms with Crippen LogP contribution in [0.25, 0.3) is 0 Å². The highest BCUT2D eigenvalue weighted by atomic mass is 16.4. The molecule has 0 spiro atoms. The van der Waals surface area contributed by atoms with Crippen LogP contribution in [0.1, 0.15) is 32.1 Å². The summed E-state index contributed by atoms with van der Waals surface area (Å²) in [5, 5.41) is 12.0. The molecule has 1 aliphatic carbocycles. The largest absolute Gasteiger partial charge is 0.481 e. The van der Waals surface area contributed by atoms with Gasteiger partial charge in [0.25, 0.3) is 0 Å². The Bertz CT molecular complexity index is 434. The summed E-state index contributed by atoms with van der Waals surface area (Å²) < 4.78 is 0. The van der Waals surface area contributed by atoms with Crippen LogP contribution in [-0.2, 0) is 4.79 Å². The van der Waals surface area contributed by atoms with Crippen LogP contribution < -0.4 is 10.2 Å². The lowest BCUT2D eigenvalue weighted by Gasteiger charge is -2.27. The minimum Gasteiger partial charge on any atom is -0.481 e.